The second-order valence-corrected chi connectivity index (χ2v) is 11.7. The maximum Gasteiger partial charge on any atom is 0.264 e. The van der Waals surface area contributed by atoms with Gasteiger partial charge in [0.1, 0.15) is 12.3 Å². The molecule has 0 aliphatic heterocycles. The molecule has 0 fully saturated rings. The number of anilines is 2. The molecular formula is C30H30N2O4S2. The predicted molar refractivity (Wildman–Crippen MR) is 155 cm³/mol. The van der Waals surface area contributed by atoms with Gasteiger partial charge in [0.05, 0.1) is 17.7 Å². The lowest BCUT2D eigenvalue weighted by atomic mass is 10.1. The molecule has 4 aromatic rings. The minimum Gasteiger partial charge on any atom is -0.497 e. The van der Waals surface area contributed by atoms with Gasteiger partial charge in [-0.1, -0.05) is 48.0 Å². The van der Waals surface area contributed by atoms with Gasteiger partial charge in [0, 0.05) is 16.3 Å². The van der Waals surface area contributed by atoms with E-state index in [-0.39, 0.29) is 11.4 Å². The molecule has 0 saturated heterocycles. The van der Waals surface area contributed by atoms with Crippen molar-refractivity contribution in [3.05, 3.63) is 114 Å². The van der Waals surface area contributed by atoms with Crippen molar-refractivity contribution >= 4 is 39.1 Å². The fourth-order valence-corrected chi connectivity index (χ4v) is 6.14. The van der Waals surface area contributed by atoms with Crippen molar-refractivity contribution in [3.63, 3.8) is 0 Å². The van der Waals surface area contributed by atoms with E-state index in [1.165, 1.54) is 24.1 Å². The molecule has 38 heavy (non-hydrogen) atoms. The number of ether oxygens (including phenoxy) is 1. The number of benzene rings is 4. The van der Waals surface area contributed by atoms with Crippen LogP contribution in [0.5, 0.6) is 5.75 Å². The maximum atomic E-state index is 13.6. The average Bonchev–Trinajstić information content (AvgIpc) is 2.93. The molecule has 0 spiro atoms. The van der Waals surface area contributed by atoms with Crippen LogP contribution in [0.25, 0.3) is 0 Å². The molecule has 4 aromatic carbocycles. The van der Waals surface area contributed by atoms with Crippen molar-refractivity contribution in [1.82, 2.24) is 0 Å². The largest absolute Gasteiger partial charge is 0.497 e. The summed E-state index contributed by atoms with van der Waals surface area (Å²) in [5.74, 6) is 0.919. The molecular weight excluding hydrogens is 516 g/mol. The van der Waals surface area contributed by atoms with Crippen LogP contribution in [0.4, 0.5) is 11.4 Å². The lowest BCUT2D eigenvalue weighted by molar-refractivity contribution is -0.114. The molecule has 8 heteroatoms. The molecule has 0 aliphatic rings. The first-order valence-electron chi connectivity index (χ1n) is 12.1. The van der Waals surface area contributed by atoms with E-state index in [1.54, 1.807) is 36.0 Å². The van der Waals surface area contributed by atoms with Crippen LogP contribution in [0.3, 0.4) is 0 Å². The lowest BCUT2D eigenvalue weighted by Gasteiger charge is -2.24. The molecule has 0 heterocycles. The molecule has 1 N–H and O–H groups in total. The van der Waals surface area contributed by atoms with E-state index in [4.69, 9.17) is 4.74 Å². The summed E-state index contributed by atoms with van der Waals surface area (Å²) in [6.07, 6.45) is 0. The molecule has 0 saturated carbocycles. The zero-order chi connectivity index (χ0) is 27.1. The van der Waals surface area contributed by atoms with Gasteiger partial charge in [-0.2, -0.15) is 0 Å². The summed E-state index contributed by atoms with van der Waals surface area (Å²) in [5.41, 5.74) is 4.09. The summed E-state index contributed by atoms with van der Waals surface area (Å²) in [5, 5.41) is 2.89. The first-order chi connectivity index (χ1) is 18.3. The van der Waals surface area contributed by atoms with Gasteiger partial charge in [-0.15, -0.1) is 11.8 Å². The van der Waals surface area contributed by atoms with Gasteiger partial charge >= 0.3 is 0 Å². The van der Waals surface area contributed by atoms with E-state index in [0.717, 1.165) is 26.7 Å². The summed E-state index contributed by atoms with van der Waals surface area (Å²) in [6, 6.07) is 29.2. The number of hydrogen-bond donors (Lipinski definition) is 1. The summed E-state index contributed by atoms with van der Waals surface area (Å²) < 4.78 is 33.5. The summed E-state index contributed by atoms with van der Waals surface area (Å²) in [4.78, 5) is 14.4. The van der Waals surface area contributed by atoms with Crippen molar-refractivity contribution in [2.45, 2.75) is 29.4 Å². The first-order valence-corrected chi connectivity index (χ1v) is 14.5. The van der Waals surface area contributed by atoms with Gasteiger partial charge in [-0.3, -0.25) is 9.10 Å². The maximum absolute atomic E-state index is 13.6. The second-order valence-electron chi connectivity index (χ2n) is 8.82. The summed E-state index contributed by atoms with van der Waals surface area (Å²) in [6.45, 7) is 3.48. The van der Waals surface area contributed by atoms with E-state index in [1.807, 2.05) is 62.4 Å². The number of aryl methyl sites for hydroxylation is 2. The van der Waals surface area contributed by atoms with Crippen molar-refractivity contribution in [3.8, 4) is 5.75 Å². The van der Waals surface area contributed by atoms with E-state index in [2.05, 4.69) is 17.4 Å². The van der Waals surface area contributed by atoms with E-state index in [9.17, 15) is 13.2 Å². The minimum atomic E-state index is -4.02. The molecule has 0 bridgehead atoms. The van der Waals surface area contributed by atoms with E-state index >= 15 is 0 Å². The van der Waals surface area contributed by atoms with Crippen LogP contribution < -0.4 is 14.4 Å². The summed E-state index contributed by atoms with van der Waals surface area (Å²) >= 11 is 1.74. The van der Waals surface area contributed by atoms with Crippen LogP contribution in [0.2, 0.25) is 0 Å². The molecule has 0 aliphatic carbocycles. The van der Waals surface area contributed by atoms with Crippen molar-refractivity contribution in [2.24, 2.45) is 0 Å². The number of amides is 1. The highest BCUT2D eigenvalue weighted by Gasteiger charge is 2.27. The first kappa shape index (κ1) is 27.3. The second kappa shape index (κ2) is 12.2. The monoisotopic (exact) mass is 546 g/mol. The van der Waals surface area contributed by atoms with Crippen LogP contribution in [-0.4, -0.2) is 28.0 Å². The fraction of sp³-hybridized carbons (Fsp3) is 0.167. The van der Waals surface area contributed by atoms with Crippen LogP contribution in [0.15, 0.2) is 107 Å². The van der Waals surface area contributed by atoms with E-state index < -0.39 is 15.9 Å². The van der Waals surface area contributed by atoms with Gasteiger partial charge in [-0.25, -0.2) is 8.42 Å². The highest BCUT2D eigenvalue weighted by molar-refractivity contribution is 7.98. The van der Waals surface area contributed by atoms with Gasteiger partial charge < -0.3 is 10.1 Å². The highest BCUT2D eigenvalue weighted by Crippen LogP contribution is 2.27. The Morgan fingerprint density at radius 2 is 1.58 bits per heavy atom. The SMILES string of the molecule is COc1ccc(S(=O)(=O)N(CC(=O)Nc2ccc(CSc3ccccc3)cc2C)c2ccc(C)cc2)cc1. The number of sulfonamides is 1. The van der Waals surface area contributed by atoms with Crippen LogP contribution in [-0.2, 0) is 20.6 Å². The number of carbonyl (C=O) groups is 1. The average molecular weight is 547 g/mol. The Balaban J connectivity index is 1.52. The Morgan fingerprint density at radius 3 is 2.21 bits per heavy atom. The minimum absolute atomic E-state index is 0.0723. The fourth-order valence-electron chi connectivity index (χ4n) is 3.86. The standard InChI is InChI=1S/C30H30N2O4S2/c1-22-9-12-25(13-10-22)32(38(34,35)28-16-14-26(36-3)15-17-28)20-30(33)31-29-18-11-24(19-23(29)2)21-37-27-7-5-4-6-8-27/h4-19H,20-21H2,1-3H3,(H,31,33). The molecule has 6 nitrogen and oxygen atoms in total. The van der Waals surface area contributed by atoms with Crippen LogP contribution in [0.1, 0.15) is 16.7 Å². The molecule has 0 atom stereocenters. The zero-order valence-corrected chi connectivity index (χ0v) is 23.2. The van der Waals surface area contributed by atoms with Gasteiger partial charge in [0.2, 0.25) is 5.91 Å². The molecule has 4 rings (SSSR count). The molecule has 0 unspecified atom stereocenters. The number of methoxy groups -OCH3 is 1. The normalized spacial score (nSPS) is 11.1. The van der Waals surface area contributed by atoms with Gasteiger partial charge in [-0.05, 0) is 79.6 Å². The van der Waals surface area contributed by atoms with E-state index in [0.29, 0.717) is 17.1 Å². The Kier molecular flexibility index (Phi) is 8.76. The van der Waals surface area contributed by atoms with Crippen molar-refractivity contribution in [2.75, 3.05) is 23.3 Å². The third kappa shape index (κ3) is 6.76. The van der Waals surface area contributed by atoms with Crippen LogP contribution >= 0.6 is 11.8 Å². The number of hydrogen-bond acceptors (Lipinski definition) is 5. The summed E-state index contributed by atoms with van der Waals surface area (Å²) in [7, 11) is -2.50. The number of nitrogens with one attached hydrogen (secondary N) is 1. The quantitative estimate of drug-likeness (QED) is 0.232. The zero-order valence-electron chi connectivity index (χ0n) is 21.5. The number of rotatable bonds is 10. The smallest absolute Gasteiger partial charge is 0.264 e. The Hall–Kier alpha value is -3.75. The third-order valence-electron chi connectivity index (χ3n) is 5.97. The highest BCUT2D eigenvalue weighted by atomic mass is 32.2. The lowest BCUT2D eigenvalue weighted by Crippen LogP contribution is -2.38. The number of thioether (sulfide) groups is 1. The van der Waals surface area contributed by atoms with Crippen LogP contribution in [0, 0.1) is 13.8 Å². The van der Waals surface area contributed by atoms with Gasteiger partial charge in [0.15, 0.2) is 0 Å². The molecule has 0 radical (unpaired) electrons. The van der Waals surface area contributed by atoms with Gasteiger partial charge in [0.25, 0.3) is 10.0 Å². The molecule has 196 valence electrons. The number of nitrogens with zero attached hydrogens (tertiary/aromatic N) is 1. The third-order valence-corrected chi connectivity index (χ3v) is 8.84. The Labute approximate surface area is 228 Å². The Bertz CT molecular complexity index is 1490. The number of carbonyl (C=O) groups excluding carboxylic acids is 1. The Morgan fingerprint density at radius 1 is 0.895 bits per heavy atom. The predicted octanol–water partition coefficient (Wildman–Crippen LogP) is 6.44. The molecule has 1 amide bonds. The topological polar surface area (TPSA) is 75.7 Å². The molecule has 0 aromatic heterocycles. The van der Waals surface area contributed by atoms with Crippen molar-refractivity contribution < 1.29 is 17.9 Å². The van der Waals surface area contributed by atoms with Crippen molar-refractivity contribution in [1.29, 1.82) is 0 Å².